The van der Waals surface area contributed by atoms with E-state index in [1.54, 1.807) is 12.4 Å². The molecule has 1 saturated carbocycles. The van der Waals surface area contributed by atoms with Crippen LogP contribution in [0.5, 0.6) is 0 Å². The van der Waals surface area contributed by atoms with Gasteiger partial charge in [0.2, 0.25) is 0 Å². The number of fused-ring (bicyclic) bond motifs is 1. The zero-order chi connectivity index (χ0) is 12.4. The Morgan fingerprint density at radius 2 is 1.94 bits per heavy atom. The molecule has 2 unspecified atom stereocenters. The van der Waals surface area contributed by atoms with Crippen LogP contribution in [0, 0.1) is 17.2 Å². The first kappa shape index (κ1) is 11.5. The number of anilines is 1. The number of nitrogens with zero attached hydrogens (tertiary/aromatic N) is 4. The summed E-state index contributed by atoms with van der Waals surface area (Å²) in [6.45, 7) is 1.09. The lowest BCUT2D eigenvalue weighted by molar-refractivity contribution is 0.242. The van der Waals surface area contributed by atoms with E-state index in [-0.39, 0.29) is 0 Å². The molecule has 1 aliphatic heterocycles. The van der Waals surface area contributed by atoms with E-state index in [9.17, 15) is 0 Å². The van der Waals surface area contributed by atoms with E-state index in [1.807, 2.05) is 6.07 Å². The summed E-state index contributed by atoms with van der Waals surface area (Å²) < 4.78 is 0. The van der Waals surface area contributed by atoms with Gasteiger partial charge in [-0.3, -0.25) is 0 Å². The third-order valence-corrected chi connectivity index (χ3v) is 4.29. The van der Waals surface area contributed by atoms with Gasteiger partial charge >= 0.3 is 0 Å². The normalized spacial score (nSPS) is 27.4. The predicted molar refractivity (Wildman–Crippen MR) is 69.1 cm³/mol. The molecule has 2 heterocycles. The lowest BCUT2D eigenvalue weighted by Crippen LogP contribution is -2.47. The summed E-state index contributed by atoms with van der Waals surface area (Å²) in [4.78, 5) is 11.0. The fourth-order valence-corrected chi connectivity index (χ4v) is 3.44. The van der Waals surface area contributed by atoms with Gasteiger partial charge < -0.3 is 4.90 Å². The van der Waals surface area contributed by atoms with Gasteiger partial charge in [0, 0.05) is 12.6 Å². The summed E-state index contributed by atoms with van der Waals surface area (Å²) in [7, 11) is 0. The van der Waals surface area contributed by atoms with Crippen LogP contribution in [0.4, 0.5) is 5.82 Å². The van der Waals surface area contributed by atoms with E-state index >= 15 is 0 Å². The van der Waals surface area contributed by atoms with Crippen molar-refractivity contribution in [2.24, 2.45) is 5.92 Å². The van der Waals surface area contributed by atoms with Crippen molar-refractivity contribution >= 4 is 5.82 Å². The Morgan fingerprint density at radius 3 is 2.72 bits per heavy atom. The molecule has 2 atom stereocenters. The number of hydrogen-bond acceptors (Lipinski definition) is 4. The Labute approximate surface area is 108 Å². The Balaban J connectivity index is 1.82. The molecule has 2 fully saturated rings. The maximum atomic E-state index is 8.76. The smallest absolute Gasteiger partial charge is 0.158 e. The SMILES string of the molecule is N#Cc1cnc(N2CCCC3CCCCC32)cn1. The summed E-state index contributed by atoms with van der Waals surface area (Å²) in [5, 5.41) is 8.76. The van der Waals surface area contributed by atoms with E-state index in [0.29, 0.717) is 11.7 Å². The van der Waals surface area contributed by atoms with Crippen LogP contribution in [0.1, 0.15) is 44.2 Å². The molecule has 4 nitrogen and oxygen atoms in total. The maximum Gasteiger partial charge on any atom is 0.158 e. The number of hydrogen-bond donors (Lipinski definition) is 0. The van der Waals surface area contributed by atoms with Crippen LogP contribution in [0.25, 0.3) is 0 Å². The summed E-state index contributed by atoms with van der Waals surface area (Å²) in [6.07, 6.45) is 11.3. The predicted octanol–water partition coefficient (Wildman–Crippen LogP) is 2.51. The largest absolute Gasteiger partial charge is 0.352 e. The first-order valence-electron chi connectivity index (χ1n) is 6.87. The Bertz CT molecular complexity index is 446. The van der Waals surface area contributed by atoms with Gasteiger partial charge in [0.05, 0.1) is 12.4 Å². The Morgan fingerprint density at radius 1 is 1.11 bits per heavy atom. The fourth-order valence-electron chi connectivity index (χ4n) is 3.44. The minimum absolute atomic E-state index is 0.399. The van der Waals surface area contributed by atoms with Crippen molar-refractivity contribution in [2.75, 3.05) is 11.4 Å². The first-order chi connectivity index (χ1) is 8.88. The monoisotopic (exact) mass is 242 g/mol. The summed E-state index contributed by atoms with van der Waals surface area (Å²) >= 11 is 0. The van der Waals surface area contributed by atoms with E-state index in [0.717, 1.165) is 18.3 Å². The molecule has 18 heavy (non-hydrogen) atoms. The van der Waals surface area contributed by atoms with Crippen LogP contribution in [0.3, 0.4) is 0 Å². The van der Waals surface area contributed by atoms with E-state index < -0.39 is 0 Å². The van der Waals surface area contributed by atoms with Gasteiger partial charge in [-0.25, -0.2) is 9.97 Å². The highest BCUT2D eigenvalue weighted by atomic mass is 15.2. The molecule has 4 heteroatoms. The molecule has 94 valence electrons. The standard InChI is InChI=1S/C14H18N4/c15-8-12-9-17-14(10-16-12)18-7-3-5-11-4-1-2-6-13(11)18/h9-11,13H,1-7H2. The molecule has 1 aliphatic carbocycles. The molecular formula is C14H18N4. The number of nitriles is 1. The van der Waals surface area contributed by atoms with Crippen LogP contribution in [-0.2, 0) is 0 Å². The van der Waals surface area contributed by atoms with Crippen molar-refractivity contribution in [1.82, 2.24) is 9.97 Å². The molecule has 2 aliphatic rings. The number of rotatable bonds is 1. The van der Waals surface area contributed by atoms with Gasteiger partial charge in [0.25, 0.3) is 0 Å². The summed E-state index contributed by atoms with van der Waals surface area (Å²) in [6, 6.07) is 2.67. The van der Waals surface area contributed by atoms with E-state index in [2.05, 4.69) is 14.9 Å². The lowest BCUT2D eigenvalue weighted by atomic mass is 9.78. The van der Waals surface area contributed by atoms with Crippen LogP contribution >= 0.6 is 0 Å². The fraction of sp³-hybridized carbons (Fsp3) is 0.643. The summed E-state index contributed by atoms with van der Waals surface area (Å²) in [5.74, 6) is 1.79. The third-order valence-electron chi connectivity index (χ3n) is 4.29. The van der Waals surface area contributed by atoms with Gasteiger partial charge in [-0.15, -0.1) is 0 Å². The highest BCUT2D eigenvalue weighted by Gasteiger charge is 2.33. The molecule has 0 radical (unpaired) electrons. The summed E-state index contributed by atoms with van der Waals surface area (Å²) in [5.41, 5.74) is 0.399. The average Bonchev–Trinajstić information content (AvgIpc) is 2.47. The first-order valence-corrected chi connectivity index (χ1v) is 6.87. The topological polar surface area (TPSA) is 52.8 Å². The molecule has 1 aromatic heterocycles. The zero-order valence-corrected chi connectivity index (χ0v) is 10.5. The maximum absolute atomic E-state index is 8.76. The lowest BCUT2D eigenvalue weighted by Gasteiger charge is -2.44. The van der Waals surface area contributed by atoms with Gasteiger partial charge in [0.1, 0.15) is 11.9 Å². The quantitative estimate of drug-likeness (QED) is 0.759. The average molecular weight is 242 g/mol. The van der Waals surface area contributed by atoms with Gasteiger partial charge in [-0.1, -0.05) is 12.8 Å². The number of aromatic nitrogens is 2. The third kappa shape index (κ3) is 2.05. The second-order valence-corrected chi connectivity index (χ2v) is 5.32. The van der Waals surface area contributed by atoms with Crippen molar-refractivity contribution in [2.45, 2.75) is 44.6 Å². The highest BCUT2D eigenvalue weighted by Crippen LogP contribution is 2.36. The van der Waals surface area contributed by atoms with Gasteiger partial charge in [-0.05, 0) is 31.6 Å². The molecular weight excluding hydrogens is 224 g/mol. The van der Waals surface area contributed by atoms with Gasteiger partial charge in [0.15, 0.2) is 5.69 Å². The van der Waals surface area contributed by atoms with Crippen LogP contribution in [0.15, 0.2) is 12.4 Å². The minimum Gasteiger partial charge on any atom is -0.352 e. The molecule has 0 amide bonds. The molecule has 0 aromatic carbocycles. The second kappa shape index (κ2) is 4.93. The van der Waals surface area contributed by atoms with Crippen molar-refractivity contribution in [3.63, 3.8) is 0 Å². The molecule has 1 saturated heterocycles. The van der Waals surface area contributed by atoms with Crippen LogP contribution in [0.2, 0.25) is 0 Å². The van der Waals surface area contributed by atoms with Crippen LogP contribution in [-0.4, -0.2) is 22.6 Å². The second-order valence-electron chi connectivity index (χ2n) is 5.32. The molecule has 3 rings (SSSR count). The zero-order valence-electron chi connectivity index (χ0n) is 10.5. The molecule has 0 bridgehead atoms. The van der Waals surface area contributed by atoms with E-state index in [4.69, 9.17) is 5.26 Å². The highest BCUT2D eigenvalue weighted by molar-refractivity contribution is 5.39. The minimum atomic E-state index is 0.399. The van der Waals surface area contributed by atoms with Crippen molar-refractivity contribution in [1.29, 1.82) is 5.26 Å². The number of piperidine rings is 1. The van der Waals surface area contributed by atoms with Crippen molar-refractivity contribution < 1.29 is 0 Å². The Hall–Kier alpha value is -1.63. The molecule has 0 spiro atoms. The Kier molecular flexibility index (Phi) is 3.14. The molecule has 0 N–H and O–H groups in total. The van der Waals surface area contributed by atoms with E-state index in [1.165, 1.54) is 38.5 Å². The van der Waals surface area contributed by atoms with Crippen LogP contribution < -0.4 is 4.90 Å². The van der Waals surface area contributed by atoms with Crippen molar-refractivity contribution in [3.05, 3.63) is 18.1 Å². The van der Waals surface area contributed by atoms with Gasteiger partial charge in [-0.2, -0.15) is 5.26 Å². The molecule has 1 aromatic rings. The van der Waals surface area contributed by atoms with Crippen molar-refractivity contribution in [3.8, 4) is 6.07 Å².